The van der Waals surface area contributed by atoms with Gasteiger partial charge in [-0.25, -0.2) is 4.98 Å². The number of ether oxygens (including phenoxy) is 1. The molecule has 1 aromatic heterocycles. The zero-order valence-electron chi connectivity index (χ0n) is 13.2. The Morgan fingerprint density at radius 3 is 2.61 bits per heavy atom. The van der Waals surface area contributed by atoms with Gasteiger partial charge in [0.25, 0.3) is 5.56 Å². The van der Waals surface area contributed by atoms with Gasteiger partial charge in [-0.3, -0.25) is 14.2 Å². The van der Waals surface area contributed by atoms with Crippen LogP contribution in [0.5, 0.6) is 5.75 Å². The quantitative estimate of drug-likeness (QED) is 0.818. The predicted octanol–water partition coefficient (Wildman–Crippen LogP) is 0.713. The van der Waals surface area contributed by atoms with E-state index in [1.54, 1.807) is 7.11 Å². The van der Waals surface area contributed by atoms with Crippen LogP contribution < -0.4 is 21.3 Å². The second-order valence-electron chi connectivity index (χ2n) is 5.01. The largest absolute Gasteiger partial charge is 0.497 e. The van der Waals surface area contributed by atoms with Gasteiger partial charge in [-0.15, -0.1) is 0 Å². The molecule has 0 spiro atoms. The highest BCUT2D eigenvalue weighted by atomic mass is 16.5. The molecule has 1 heterocycles. The molecular formula is C16H20N4O3. The molecule has 3 N–H and O–H groups in total. The van der Waals surface area contributed by atoms with Crippen LogP contribution in [0.3, 0.4) is 0 Å². The average Bonchev–Trinajstić information content (AvgIpc) is 2.56. The molecular weight excluding hydrogens is 296 g/mol. The molecule has 0 radical (unpaired) electrons. The van der Waals surface area contributed by atoms with E-state index in [0.717, 1.165) is 15.9 Å². The minimum absolute atomic E-state index is 0.0500. The van der Waals surface area contributed by atoms with Gasteiger partial charge in [-0.1, -0.05) is 19.1 Å². The number of anilines is 1. The first kappa shape index (κ1) is 16.5. The van der Waals surface area contributed by atoms with Crippen molar-refractivity contribution in [2.45, 2.75) is 26.4 Å². The van der Waals surface area contributed by atoms with Gasteiger partial charge in [-0.05, 0) is 24.1 Å². The number of hydrogen-bond acceptors (Lipinski definition) is 5. The Bertz CT molecular complexity index is 738. The van der Waals surface area contributed by atoms with Gasteiger partial charge in [0.15, 0.2) is 0 Å². The summed E-state index contributed by atoms with van der Waals surface area (Å²) in [4.78, 5) is 28.0. The van der Waals surface area contributed by atoms with Crippen molar-refractivity contribution in [2.75, 3.05) is 12.8 Å². The summed E-state index contributed by atoms with van der Waals surface area (Å²) in [6, 6.07) is 8.75. The molecule has 23 heavy (non-hydrogen) atoms. The van der Waals surface area contributed by atoms with Crippen LogP contribution in [-0.4, -0.2) is 22.6 Å². The van der Waals surface area contributed by atoms with Crippen molar-refractivity contribution >= 4 is 11.9 Å². The Hall–Kier alpha value is -2.83. The van der Waals surface area contributed by atoms with Crippen LogP contribution in [-0.2, 0) is 24.3 Å². The lowest BCUT2D eigenvalue weighted by Gasteiger charge is -2.10. The van der Waals surface area contributed by atoms with E-state index in [9.17, 15) is 9.59 Å². The lowest BCUT2D eigenvalue weighted by atomic mass is 10.2. The van der Waals surface area contributed by atoms with Gasteiger partial charge in [0.05, 0.1) is 7.11 Å². The van der Waals surface area contributed by atoms with E-state index in [1.165, 1.54) is 6.07 Å². The van der Waals surface area contributed by atoms with E-state index in [-0.39, 0.29) is 24.0 Å². The van der Waals surface area contributed by atoms with E-state index >= 15 is 0 Å². The van der Waals surface area contributed by atoms with E-state index < -0.39 is 0 Å². The number of amides is 1. The van der Waals surface area contributed by atoms with E-state index in [2.05, 4.69) is 10.3 Å². The summed E-state index contributed by atoms with van der Waals surface area (Å²) in [7, 11) is 1.59. The van der Waals surface area contributed by atoms with Crippen LogP contribution in [0.4, 0.5) is 5.95 Å². The molecule has 0 unspecified atom stereocenters. The number of nitrogens with one attached hydrogen (secondary N) is 1. The smallest absolute Gasteiger partial charge is 0.255 e. The third-order valence-electron chi connectivity index (χ3n) is 3.40. The summed E-state index contributed by atoms with van der Waals surface area (Å²) in [5.41, 5.74) is 6.96. The van der Waals surface area contributed by atoms with Gasteiger partial charge < -0.3 is 15.8 Å². The minimum atomic E-state index is -0.325. The van der Waals surface area contributed by atoms with Crippen LogP contribution in [0.1, 0.15) is 18.2 Å². The highest BCUT2D eigenvalue weighted by Crippen LogP contribution is 2.10. The SMILES string of the molecule is CCc1cc(=O)n(CC(=O)NCc2ccc(OC)cc2)c(N)n1. The molecule has 1 aromatic carbocycles. The number of nitrogens with two attached hydrogens (primary N) is 1. The fourth-order valence-corrected chi connectivity index (χ4v) is 2.06. The molecule has 0 atom stereocenters. The first-order valence-electron chi connectivity index (χ1n) is 7.29. The van der Waals surface area contributed by atoms with Gasteiger partial charge >= 0.3 is 0 Å². The topological polar surface area (TPSA) is 99.2 Å². The number of aryl methyl sites for hydroxylation is 1. The Kier molecular flexibility index (Phi) is 5.35. The van der Waals surface area contributed by atoms with Gasteiger partial charge in [0.1, 0.15) is 12.3 Å². The third-order valence-corrected chi connectivity index (χ3v) is 3.40. The van der Waals surface area contributed by atoms with Crippen LogP contribution in [0.25, 0.3) is 0 Å². The van der Waals surface area contributed by atoms with Crippen LogP contribution in [0.15, 0.2) is 35.1 Å². The van der Waals surface area contributed by atoms with Crippen LogP contribution in [0, 0.1) is 0 Å². The maximum absolute atomic E-state index is 12.0. The molecule has 0 aliphatic carbocycles. The maximum atomic E-state index is 12.0. The zero-order valence-corrected chi connectivity index (χ0v) is 13.2. The third kappa shape index (κ3) is 4.32. The molecule has 0 fully saturated rings. The van der Waals surface area contributed by atoms with Gasteiger partial charge in [0, 0.05) is 18.3 Å². The normalized spacial score (nSPS) is 10.3. The van der Waals surface area contributed by atoms with Crippen LogP contribution >= 0.6 is 0 Å². The van der Waals surface area contributed by atoms with Gasteiger partial charge in [-0.2, -0.15) is 0 Å². The Labute approximate surface area is 134 Å². The molecule has 0 saturated heterocycles. The van der Waals surface area contributed by atoms with E-state index in [0.29, 0.717) is 18.7 Å². The first-order valence-corrected chi connectivity index (χ1v) is 7.29. The number of nitrogens with zero attached hydrogens (tertiary/aromatic N) is 2. The Morgan fingerprint density at radius 2 is 2.04 bits per heavy atom. The fourth-order valence-electron chi connectivity index (χ4n) is 2.06. The average molecular weight is 316 g/mol. The summed E-state index contributed by atoms with van der Waals surface area (Å²) < 4.78 is 6.23. The molecule has 0 aliphatic rings. The second-order valence-corrected chi connectivity index (χ2v) is 5.01. The molecule has 7 heteroatoms. The molecule has 0 saturated carbocycles. The summed E-state index contributed by atoms with van der Waals surface area (Å²) >= 11 is 0. The molecule has 0 bridgehead atoms. The molecule has 2 aromatic rings. The summed E-state index contributed by atoms with van der Waals surface area (Å²) in [5, 5.41) is 2.75. The van der Waals surface area contributed by atoms with E-state index in [1.807, 2.05) is 31.2 Å². The van der Waals surface area contributed by atoms with Gasteiger partial charge in [0.2, 0.25) is 11.9 Å². The van der Waals surface area contributed by atoms with Crippen molar-refractivity contribution in [3.63, 3.8) is 0 Å². The molecule has 1 amide bonds. The lowest BCUT2D eigenvalue weighted by molar-refractivity contribution is -0.121. The minimum Gasteiger partial charge on any atom is -0.497 e. The fraction of sp³-hybridized carbons (Fsp3) is 0.312. The standard InChI is InChI=1S/C16H20N4O3/c1-3-12-8-15(22)20(16(17)19-12)10-14(21)18-9-11-4-6-13(23-2)7-5-11/h4-8H,3,9-10H2,1-2H3,(H2,17,19)(H,18,21). The number of nitrogen functional groups attached to an aromatic ring is 1. The Morgan fingerprint density at radius 1 is 1.35 bits per heavy atom. The van der Waals surface area contributed by atoms with Crippen molar-refractivity contribution in [2.24, 2.45) is 0 Å². The van der Waals surface area contributed by atoms with Crippen molar-refractivity contribution in [1.82, 2.24) is 14.9 Å². The maximum Gasteiger partial charge on any atom is 0.255 e. The summed E-state index contributed by atoms with van der Waals surface area (Å²) in [6.45, 7) is 2.09. The van der Waals surface area contributed by atoms with Crippen LogP contribution in [0.2, 0.25) is 0 Å². The zero-order chi connectivity index (χ0) is 16.8. The Balaban J connectivity index is 1.98. The molecule has 0 aliphatic heterocycles. The molecule has 2 rings (SSSR count). The number of carbonyl (C=O) groups excluding carboxylic acids is 1. The van der Waals surface area contributed by atoms with Crippen molar-refractivity contribution < 1.29 is 9.53 Å². The monoisotopic (exact) mass is 316 g/mol. The molecule has 7 nitrogen and oxygen atoms in total. The summed E-state index contributed by atoms with van der Waals surface area (Å²) in [6.07, 6.45) is 0.615. The first-order chi connectivity index (χ1) is 11.0. The highest BCUT2D eigenvalue weighted by molar-refractivity contribution is 5.76. The lowest BCUT2D eigenvalue weighted by Crippen LogP contribution is -2.33. The van der Waals surface area contributed by atoms with Crippen molar-refractivity contribution in [1.29, 1.82) is 0 Å². The van der Waals surface area contributed by atoms with E-state index in [4.69, 9.17) is 10.5 Å². The van der Waals surface area contributed by atoms with Crippen molar-refractivity contribution in [3.8, 4) is 5.75 Å². The highest BCUT2D eigenvalue weighted by Gasteiger charge is 2.09. The number of aromatic nitrogens is 2. The van der Waals surface area contributed by atoms with Crippen molar-refractivity contribution in [3.05, 3.63) is 51.9 Å². The summed E-state index contributed by atoms with van der Waals surface area (Å²) in [5.74, 6) is 0.496. The number of carbonyl (C=O) groups is 1. The predicted molar refractivity (Wildman–Crippen MR) is 87.1 cm³/mol. The second kappa shape index (κ2) is 7.44. The number of benzene rings is 1. The number of methoxy groups -OCH3 is 1. The number of hydrogen-bond donors (Lipinski definition) is 2. The number of rotatable bonds is 6. The molecule has 122 valence electrons.